The van der Waals surface area contributed by atoms with Gasteiger partial charge in [0.2, 0.25) is 0 Å². The van der Waals surface area contributed by atoms with E-state index in [9.17, 15) is 0 Å². The fraction of sp³-hybridized carbons (Fsp3) is 0.267. The summed E-state index contributed by atoms with van der Waals surface area (Å²) in [5, 5.41) is 4.12. The predicted molar refractivity (Wildman–Crippen MR) is 80.5 cm³/mol. The third-order valence-electron chi connectivity index (χ3n) is 2.85. The standard InChI is InChI=1S/C15H18ClN3/c1-19(12-13-5-7-17-8-6-13)10-9-18-15-4-2-3-14(16)11-15/h2-8,11,18H,9-10,12H2,1H3. The molecule has 1 aromatic heterocycles. The molecule has 0 radical (unpaired) electrons. The van der Waals surface area contributed by atoms with E-state index in [0.29, 0.717) is 0 Å². The molecular weight excluding hydrogens is 258 g/mol. The summed E-state index contributed by atoms with van der Waals surface area (Å²) in [6, 6.07) is 11.9. The molecule has 100 valence electrons. The Kier molecular flexibility index (Phi) is 5.19. The number of pyridine rings is 1. The Hall–Kier alpha value is -1.58. The SMILES string of the molecule is CN(CCNc1cccc(Cl)c1)Cc1ccncc1. The normalized spacial score (nSPS) is 10.7. The second-order valence-corrected chi connectivity index (χ2v) is 4.97. The Morgan fingerprint density at radius 3 is 2.74 bits per heavy atom. The molecule has 2 rings (SSSR count). The molecule has 0 bridgehead atoms. The number of likely N-dealkylation sites (N-methyl/N-ethyl adjacent to an activating group) is 1. The fourth-order valence-corrected chi connectivity index (χ4v) is 2.06. The van der Waals surface area contributed by atoms with Crippen molar-refractivity contribution in [2.24, 2.45) is 0 Å². The van der Waals surface area contributed by atoms with Crippen LogP contribution in [0, 0.1) is 0 Å². The first-order valence-corrected chi connectivity index (χ1v) is 6.69. The molecule has 1 N–H and O–H groups in total. The Morgan fingerprint density at radius 1 is 1.21 bits per heavy atom. The van der Waals surface area contributed by atoms with E-state index in [1.807, 2.05) is 48.8 Å². The molecule has 0 spiro atoms. The van der Waals surface area contributed by atoms with Crippen molar-refractivity contribution < 1.29 is 0 Å². The van der Waals surface area contributed by atoms with Gasteiger partial charge < -0.3 is 10.2 Å². The van der Waals surface area contributed by atoms with Gasteiger partial charge in [-0.2, -0.15) is 0 Å². The Balaban J connectivity index is 1.73. The van der Waals surface area contributed by atoms with Crippen LogP contribution in [0.1, 0.15) is 5.56 Å². The monoisotopic (exact) mass is 275 g/mol. The van der Waals surface area contributed by atoms with Crippen molar-refractivity contribution in [1.82, 2.24) is 9.88 Å². The summed E-state index contributed by atoms with van der Waals surface area (Å²) in [6.45, 7) is 2.79. The molecule has 2 aromatic rings. The van der Waals surface area contributed by atoms with Crippen molar-refractivity contribution in [2.75, 3.05) is 25.5 Å². The predicted octanol–water partition coefficient (Wildman–Crippen LogP) is 3.28. The number of nitrogens with one attached hydrogen (secondary N) is 1. The van der Waals surface area contributed by atoms with Crippen molar-refractivity contribution in [3.63, 3.8) is 0 Å². The number of nitrogens with zero attached hydrogens (tertiary/aromatic N) is 2. The van der Waals surface area contributed by atoms with Crippen molar-refractivity contribution in [1.29, 1.82) is 0 Å². The van der Waals surface area contributed by atoms with E-state index >= 15 is 0 Å². The summed E-state index contributed by atoms with van der Waals surface area (Å²) in [5.41, 5.74) is 2.34. The molecule has 0 aliphatic heterocycles. The van der Waals surface area contributed by atoms with Gasteiger partial charge in [-0.1, -0.05) is 17.7 Å². The lowest BCUT2D eigenvalue weighted by Crippen LogP contribution is -2.24. The Morgan fingerprint density at radius 2 is 2.00 bits per heavy atom. The average Bonchev–Trinajstić information content (AvgIpc) is 2.40. The van der Waals surface area contributed by atoms with Gasteiger partial charge in [0.1, 0.15) is 0 Å². The first kappa shape index (κ1) is 13.8. The Labute approximate surface area is 119 Å². The van der Waals surface area contributed by atoms with E-state index in [-0.39, 0.29) is 0 Å². The minimum absolute atomic E-state index is 0.759. The van der Waals surface area contributed by atoms with Crippen LogP contribution in [0.5, 0.6) is 0 Å². The topological polar surface area (TPSA) is 28.2 Å². The van der Waals surface area contributed by atoms with E-state index in [4.69, 9.17) is 11.6 Å². The summed E-state index contributed by atoms with van der Waals surface area (Å²) in [7, 11) is 2.11. The number of hydrogen-bond donors (Lipinski definition) is 1. The minimum Gasteiger partial charge on any atom is -0.384 e. The number of aromatic nitrogens is 1. The second-order valence-electron chi connectivity index (χ2n) is 4.53. The Bertz CT molecular complexity index is 502. The molecule has 0 unspecified atom stereocenters. The maximum atomic E-state index is 5.94. The summed E-state index contributed by atoms with van der Waals surface area (Å²) >= 11 is 5.94. The van der Waals surface area contributed by atoms with Crippen molar-refractivity contribution in [3.05, 3.63) is 59.4 Å². The lowest BCUT2D eigenvalue weighted by Gasteiger charge is -2.17. The molecule has 3 nitrogen and oxygen atoms in total. The van der Waals surface area contributed by atoms with Crippen LogP contribution in [0.25, 0.3) is 0 Å². The fourth-order valence-electron chi connectivity index (χ4n) is 1.87. The highest BCUT2D eigenvalue weighted by atomic mass is 35.5. The van der Waals surface area contributed by atoms with E-state index in [0.717, 1.165) is 30.3 Å². The lowest BCUT2D eigenvalue weighted by atomic mass is 10.2. The third kappa shape index (κ3) is 4.89. The van der Waals surface area contributed by atoms with Crippen LogP contribution in [0.2, 0.25) is 5.02 Å². The minimum atomic E-state index is 0.759. The van der Waals surface area contributed by atoms with Crippen LogP contribution in [0.4, 0.5) is 5.69 Å². The first-order chi connectivity index (χ1) is 9.24. The molecule has 0 aliphatic carbocycles. The highest BCUT2D eigenvalue weighted by Gasteiger charge is 2.00. The second kappa shape index (κ2) is 7.12. The smallest absolute Gasteiger partial charge is 0.0426 e. The van der Waals surface area contributed by atoms with Gasteiger partial charge in [0.25, 0.3) is 0 Å². The van der Waals surface area contributed by atoms with Crippen LogP contribution < -0.4 is 5.32 Å². The van der Waals surface area contributed by atoms with Gasteiger partial charge in [-0.15, -0.1) is 0 Å². The van der Waals surface area contributed by atoms with Gasteiger partial charge in [-0.05, 0) is 42.9 Å². The lowest BCUT2D eigenvalue weighted by molar-refractivity contribution is 0.340. The molecule has 0 aliphatic rings. The van der Waals surface area contributed by atoms with Crippen molar-refractivity contribution in [2.45, 2.75) is 6.54 Å². The van der Waals surface area contributed by atoms with Gasteiger partial charge in [0.05, 0.1) is 0 Å². The van der Waals surface area contributed by atoms with Crippen LogP contribution in [-0.2, 0) is 6.54 Å². The molecule has 4 heteroatoms. The zero-order valence-electron chi connectivity index (χ0n) is 11.0. The van der Waals surface area contributed by atoms with E-state index < -0.39 is 0 Å². The maximum Gasteiger partial charge on any atom is 0.0426 e. The number of anilines is 1. The molecule has 0 atom stereocenters. The van der Waals surface area contributed by atoms with Gasteiger partial charge in [0.15, 0.2) is 0 Å². The van der Waals surface area contributed by atoms with Gasteiger partial charge in [-0.25, -0.2) is 0 Å². The van der Waals surface area contributed by atoms with E-state index in [2.05, 4.69) is 22.2 Å². The summed E-state index contributed by atoms with van der Waals surface area (Å²) < 4.78 is 0. The van der Waals surface area contributed by atoms with Crippen LogP contribution in [0.15, 0.2) is 48.8 Å². The number of benzene rings is 1. The van der Waals surface area contributed by atoms with Crippen LogP contribution in [-0.4, -0.2) is 30.0 Å². The van der Waals surface area contributed by atoms with Gasteiger partial charge in [0, 0.05) is 42.7 Å². The number of halogens is 1. The van der Waals surface area contributed by atoms with E-state index in [1.165, 1.54) is 5.56 Å². The molecule has 19 heavy (non-hydrogen) atoms. The third-order valence-corrected chi connectivity index (χ3v) is 3.08. The van der Waals surface area contributed by atoms with Gasteiger partial charge in [-0.3, -0.25) is 4.98 Å². The first-order valence-electron chi connectivity index (χ1n) is 6.31. The largest absolute Gasteiger partial charge is 0.384 e. The highest BCUT2D eigenvalue weighted by molar-refractivity contribution is 6.30. The van der Waals surface area contributed by atoms with Crippen LogP contribution >= 0.6 is 11.6 Å². The maximum absolute atomic E-state index is 5.94. The molecule has 0 saturated heterocycles. The molecule has 1 aromatic carbocycles. The van der Waals surface area contributed by atoms with Crippen LogP contribution in [0.3, 0.4) is 0 Å². The highest BCUT2D eigenvalue weighted by Crippen LogP contribution is 2.14. The number of hydrogen-bond acceptors (Lipinski definition) is 3. The molecule has 1 heterocycles. The summed E-state index contributed by atoms with van der Waals surface area (Å²) in [5.74, 6) is 0. The van der Waals surface area contributed by atoms with Gasteiger partial charge >= 0.3 is 0 Å². The van der Waals surface area contributed by atoms with E-state index in [1.54, 1.807) is 0 Å². The molecule has 0 amide bonds. The molecular formula is C15H18ClN3. The zero-order chi connectivity index (χ0) is 13.5. The molecule has 0 fully saturated rings. The number of rotatable bonds is 6. The zero-order valence-corrected chi connectivity index (χ0v) is 11.8. The average molecular weight is 276 g/mol. The summed E-state index contributed by atoms with van der Waals surface area (Å²) in [4.78, 5) is 6.29. The van der Waals surface area contributed by atoms with Crippen molar-refractivity contribution in [3.8, 4) is 0 Å². The quantitative estimate of drug-likeness (QED) is 0.877. The molecule has 0 saturated carbocycles. The van der Waals surface area contributed by atoms with Crippen molar-refractivity contribution >= 4 is 17.3 Å². The summed E-state index contributed by atoms with van der Waals surface area (Å²) in [6.07, 6.45) is 3.65.